The van der Waals surface area contributed by atoms with Crippen LogP contribution in [0.5, 0.6) is 11.5 Å². The molecule has 6 nitrogen and oxygen atoms in total. The first-order valence-corrected chi connectivity index (χ1v) is 15.2. The molecule has 0 amide bonds. The molecular weight excluding hydrogens is 610 g/mol. The molecular formula is C37H26BrN5O. The molecule has 0 radical (unpaired) electrons. The molecule has 0 unspecified atom stereocenters. The van der Waals surface area contributed by atoms with Gasteiger partial charge in [0.15, 0.2) is 0 Å². The van der Waals surface area contributed by atoms with Crippen molar-refractivity contribution < 1.29 is 4.74 Å². The Hall–Kier alpha value is -5.27. The summed E-state index contributed by atoms with van der Waals surface area (Å²) in [6, 6.07) is 37.0. The van der Waals surface area contributed by atoms with Crippen LogP contribution in [0.4, 0.5) is 0 Å². The van der Waals surface area contributed by atoms with Crippen LogP contribution < -0.4 is 4.74 Å². The Morgan fingerprint density at radius 3 is 2.25 bits per heavy atom. The number of aryl methyl sites for hydroxylation is 2. The van der Waals surface area contributed by atoms with Gasteiger partial charge in [-0.05, 0) is 67.4 Å². The molecule has 0 bridgehead atoms. The summed E-state index contributed by atoms with van der Waals surface area (Å²) in [6.45, 7) is 4.24. The third kappa shape index (κ3) is 4.44. The Morgan fingerprint density at radius 2 is 1.41 bits per heavy atom. The molecule has 4 aromatic carbocycles. The average molecular weight is 637 g/mol. The standard InChI is InChI=1S/C37H26BrN5O/c1-23-8-7-9-24(2)37(23)31-19-27(21-36(41-31)42-22-40-30-11-4-6-13-33(30)42)44-26-14-15-29-28-10-3-5-12-32(28)43(34(29)20-26)35-18-25(38)16-17-39-35/h3-22H,1-2H3. The summed E-state index contributed by atoms with van der Waals surface area (Å²) in [5.41, 5.74) is 8.25. The number of aromatic nitrogens is 5. The lowest BCUT2D eigenvalue weighted by atomic mass is 9.99. The molecule has 44 heavy (non-hydrogen) atoms. The minimum Gasteiger partial charge on any atom is -0.457 e. The number of nitrogens with zero attached hydrogens (tertiary/aromatic N) is 5. The van der Waals surface area contributed by atoms with E-state index in [4.69, 9.17) is 14.7 Å². The van der Waals surface area contributed by atoms with Crippen molar-refractivity contribution in [1.29, 1.82) is 0 Å². The summed E-state index contributed by atoms with van der Waals surface area (Å²) in [5.74, 6) is 2.98. The third-order valence-corrected chi connectivity index (χ3v) is 8.53. The quantitative estimate of drug-likeness (QED) is 0.189. The lowest BCUT2D eigenvalue weighted by Crippen LogP contribution is -2.01. The van der Waals surface area contributed by atoms with Gasteiger partial charge in [-0.3, -0.25) is 9.13 Å². The summed E-state index contributed by atoms with van der Waals surface area (Å²) >= 11 is 3.62. The maximum absolute atomic E-state index is 6.67. The molecule has 8 rings (SSSR count). The Morgan fingerprint density at radius 1 is 0.636 bits per heavy atom. The molecule has 0 N–H and O–H groups in total. The summed E-state index contributed by atoms with van der Waals surface area (Å²) < 4.78 is 11.8. The van der Waals surface area contributed by atoms with Crippen molar-refractivity contribution in [3.8, 4) is 34.4 Å². The van der Waals surface area contributed by atoms with Crippen molar-refractivity contribution >= 4 is 48.8 Å². The van der Waals surface area contributed by atoms with Gasteiger partial charge in [0.25, 0.3) is 0 Å². The van der Waals surface area contributed by atoms with Crippen LogP contribution in [0.15, 0.2) is 126 Å². The molecule has 0 saturated carbocycles. The van der Waals surface area contributed by atoms with E-state index in [1.807, 2.05) is 65.6 Å². The minimum atomic E-state index is 0.688. The number of fused-ring (bicyclic) bond motifs is 4. The van der Waals surface area contributed by atoms with Gasteiger partial charge in [-0.25, -0.2) is 15.0 Å². The molecule has 7 heteroatoms. The molecule has 8 aromatic rings. The molecule has 4 aromatic heterocycles. The molecule has 0 saturated heterocycles. The predicted molar refractivity (Wildman–Crippen MR) is 180 cm³/mol. The molecule has 0 aliphatic rings. The predicted octanol–water partition coefficient (Wildman–Crippen LogP) is 9.75. The van der Waals surface area contributed by atoms with Crippen molar-refractivity contribution in [3.63, 3.8) is 0 Å². The number of imidazole rings is 1. The van der Waals surface area contributed by atoms with E-state index < -0.39 is 0 Å². The first-order valence-electron chi connectivity index (χ1n) is 14.4. The highest BCUT2D eigenvalue weighted by molar-refractivity contribution is 9.10. The number of hydrogen-bond acceptors (Lipinski definition) is 4. The van der Waals surface area contributed by atoms with Crippen molar-refractivity contribution in [3.05, 3.63) is 137 Å². The molecule has 0 spiro atoms. The van der Waals surface area contributed by atoms with E-state index in [0.717, 1.165) is 77.1 Å². The van der Waals surface area contributed by atoms with Crippen LogP contribution in [-0.4, -0.2) is 24.1 Å². The number of pyridine rings is 2. The Balaban J connectivity index is 1.31. The van der Waals surface area contributed by atoms with Crippen LogP contribution in [0, 0.1) is 13.8 Å². The largest absolute Gasteiger partial charge is 0.457 e. The van der Waals surface area contributed by atoms with Crippen LogP contribution in [0.3, 0.4) is 0 Å². The zero-order chi connectivity index (χ0) is 29.8. The van der Waals surface area contributed by atoms with Crippen LogP contribution in [0.25, 0.3) is 55.7 Å². The van der Waals surface area contributed by atoms with Crippen molar-refractivity contribution in [2.45, 2.75) is 13.8 Å². The number of halogens is 1. The van der Waals surface area contributed by atoms with Gasteiger partial charge in [0.2, 0.25) is 0 Å². The van der Waals surface area contributed by atoms with E-state index in [1.165, 1.54) is 0 Å². The topological polar surface area (TPSA) is 57.8 Å². The fraction of sp³-hybridized carbons (Fsp3) is 0.0541. The summed E-state index contributed by atoms with van der Waals surface area (Å²) in [6.07, 6.45) is 3.63. The molecule has 0 aliphatic heterocycles. The number of rotatable bonds is 5. The van der Waals surface area contributed by atoms with Gasteiger partial charge < -0.3 is 4.74 Å². The third-order valence-electron chi connectivity index (χ3n) is 8.04. The van der Waals surface area contributed by atoms with Gasteiger partial charge in [-0.15, -0.1) is 0 Å². The number of para-hydroxylation sites is 3. The monoisotopic (exact) mass is 635 g/mol. The van der Waals surface area contributed by atoms with E-state index in [9.17, 15) is 0 Å². The molecule has 0 fully saturated rings. The van der Waals surface area contributed by atoms with E-state index in [1.54, 1.807) is 0 Å². The number of benzene rings is 4. The summed E-state index contributed by atoms with van der Waals surface area (Å²) in [5, 5.41) is 2.29. The van der Waals surface area contributed by atoms with Crippen LogP contribution in [0.1, 0.15) is 11.1 Å². The van der Waals surface area contributed by atoms with Crippen LogP contribution in [0.2, 0.25) is 0 Å². The average Bonchev–Trinajstić information content (AvgIpc) is 3.60. The van der Waals surface area contributed by atoms with E-state index >= 15 is 0 Å². The zero-order valence-electron chi connectivity index (χ0n) is 24.1. The maximum Gasteiger partial charge on any atom is 0.142 e. The second kappa shape index (κ2) is 10.5. The van der Waals surface area contributed by atoms with Gasteiger partial charge in [-0.1, -0.05) is 64.5 Å². The molecule has 0 aliphatic carbocycles. The lowest BCUT2D eigenvalue weighted by Gasteiger charge is -2.15. The Bertz CT molecular complexity index is 2350. The summed E-state index contributed by atoms with van der Waals surface area (Å²) in [7, 11) is 0. The smallest absolute Gasteiger partial charge is 0.142 e. The number of hydrogen-bond donors (Lipinski definition) is 0. The van der Waals surface area contributed by atoms with Gasteiger partial charge in [-0.2, -0.15) is 0 Å². The van der Waals surface area contributed by atoms with Crippen LogP contribution in [-0.2, 0) is 0 Å². The van der Waals surface area contributed by atoms with E-state index in [2.05, 4.69) is 100.0 Å². The number of ether oxygens (including phenoxy) is 1. The van der Waals surface area contributed by atoms with E-state index in [0.29, 0.717) is 5.75 Å². The highest BCUT2D eigenvalue weighted by Gasteiger charge is 2.17. The van der Waals surface area contributed by atoms with Gasteiger partial charge in [0.05, 0.1) is 27.8 Å². The highest BCUT2D eigenvalue weighted by Crippen LogP contribution is 2.37. The second-order valence-electron chi connectivity index (χ2n) is 10.9. The zero-order valence-corrected chi connectivity index (χ0v) is 25.7. The van der Waals surface area contributed by atoms with Gasteiger partial charge >= 0.3 is 0 Å². The second-order valence-corrected chi connectivity index (χ2v) is 11.8. The first-order chi connectivity index (χ1) is 21.5. The molecule has 4 heterocycles. The SMILES string of the molecule is Cc1cccc(C)c1-c1cc(Oc2ccc3c4ccccc4n(-c4cc(Br)ccn4)c3c2)cc(-n2cnc3ccccc32)n1. The fourth-order valence-corrected chi connectivity index (χ4v) is 6.40. The minimum absolute atomic E-state index is 0.688. The molecule has 212 valence electrons. The van der Waals surface area contributed by atoms with E-state index in [-0.39, 0.29) is 0 Å². The maximum atomic E-state index is 6.67. The lowest BCUT2D eigenvalue weighted by molar-refractivity contribution is 0.482. The fourth-order valence-electron chi connectivity index (χ4n) is 6.07. The first kappa shape index (κ1) is 26.4. The van der Waals surface area contributed by atoms with Crippen molar-refractivity contribution in [1.82, 2.24) is 24.1 Å². The van der Waals surface area contributed by atoms with Gasteiger partial charge in [0, 0.05) is 45.2 Å². The van der Waals surface area contributed by atoms with Crippen LogP contribution >= 0.6 is 15.9 Å². The van der Waals surface area contributed by atoms with Gasteiger partial charge in [0.1, 0.15) is 29.5 Å². The Kier molecular flexibility index (Phi) is 6.27. The van der Waals surface area contributed by atoms with Crippen molar-refractivity contribution in [2.75, 3.05) is 0 Å². The van der Waals surface area contributed by atoms with Crippen molar-refractivity contribution in [2.24, 2.45) is 0 Å². The highest BCUT2D eigenvalue weighted by atomic mass is 79.9. The summed E-state index contributed by atoms with van der Waals surface area (Å²) in [4.78, 5) is 14.4. The molecule has 0 atom stereocenters. The normalized spacial score (nSPS) is 11.5. The Labute approximate surface area is 262 Å².